The van der Waals surface area contributed by atoms with Crippen molar-refractivity contribution >= 4 is 56.7 Å². The van der Waals surface area contributed by atoms with Crippen molar-refractivity contribution in [2.75, 3.05) is 11.9 Å². The zero-order valence-electron chi connectivity index (χ0n) is 12.5. The Bertz CT molecular complexity index is 949. The van der Waals surface area contributed by atoms with Gasteiger partial charge in [-0.3, -0.25) is 9.78 Å². The number of hydrogen-bond acceptors (Lipinski definition) is 3. The number of anilines is 1. The van der Waals surface area contributed by atoms with E-state index in [4.69, 9.17) is 16.3 Å². The first-order chi connectivity index (χ1) is 12.0. The molecule has 0 saturated heterocycles. The zero-order valence-corrected chi connectivity index (χ0v) is 15.4. The summed E-state index contributed by atoms with van der Waals surface area (Å²) in [6.07, 6.45) is 1.58. The standard InChI is InChI=1S/C17H10ClF2IN2O2/c18-10-7-13(21)17(15-9(10)3-2-6-22-15)25-8-14(24)23-16-11(19)4-1-5-12(16)20/h1-7H,8H2,(H,23,24). The molecule has 3 aromatic rings. The summed E-state index contributed by atoms with van der Waals surface area (Å²) in [6.45, 7) is -0.433. The number of amides is 1. The van der Waals surface area contributed by atoms with Gasteiger partial charge < -0.3 is 10.1 Å². The number of carbonyl (C=O) groups excluding carboxylic acids is 1. The Labute approximate surface area is 160 Å². The van der Waals surface area contributed by atoms with Crippen LogP contribution in [0, 0.1) is 15.2 Å². The van der Waals surface area contributed by atoms with Gasteiger partial charge in [0.05, 0.1) is 8.59 Å². The number of nitrogens with one attached hydrogen (secondary N) is 1. The molecular formula is C17H10ClF2IN2O2. The zero-order chi connectivity index (χ0) is 18.0. The van der Waals surface area contributed by atoms with E-state index < -0.39 is 29.8 Å². The molecule has 0 aliphatic heterocycles. The number of hydrogen-bond donors (Lipinski definition) is 1. The second-order valence-corrected chi connectivity index (χ2v) is 6.57. The highest BCUT2D eigenvalue weighted by Crippen LogP contribution is 2.34. The SMILES string of the molecule is O=C(COc1c(I)cc(Cl)c2cccnc12)Nc1c(F)cccc1F. The minimum atomic E-state index is -0.860. The first-order valence-corrected chi connectivity index (χ1v) is 8.52. The summed E-state index contributed by atoms with van der Waals surface area (Å²) in [5.74, 6) is -2.04. The summed E-state index contributed by atoms with van der Waals surface area (Å²) in [6, 6.07) is 8.53. The highest BCUT2D eigenvalue weighted by molar-refractivity contribution is 14.1. The highest BCUT2D eigenvalue weighted by atomic mass is 127. The predicted octanol–water partition coefficient (Wildman–Crippen LogP) is 4.79. The van der Waals surface area contributed by atoms with Crippen LogP contribution in [0.3, 0.4) is 0 Å². The van der Waals surface area contributed by atoms with Crippen LogP contribution < -0.4 is 10.1 Å². The topological polar surface area (TPSA) is 51.2 Å². The van der Waals surface area contributed by atoms with E-state index in [1.54, 1.807) is 24.4 Å². The Kier molecular flexibility index (Phi) is 5.33. The van der Waals surface area contributed by atoms with E-state index in [1.165, 1.54) is 6.07 Å². The van der Waals surface area contributed by atoms with Gasteiger partial charge in [-0.25, -0.2) is 8.78 Å². The number of halogens is 4. The van der Waals surface area contributed by atoms with Crippen LogP contribution in [0.4, 0.5) is 14.5 Å². The molecule has 8 heteroatoms. The average Bonchev–Trinajstić information content (AvgIpc) is 2.58. The normalized spacial score (nSPS) is 10.7. The molecule has 1 heterocycles. The van der Waals surface area contributed by atoms with Crippen LogP contribution in [0.5, 0.6) is 5.75 Å². The molecule has 1 amide bonds. The molecule has 0 bridgehead atoms. The fourth-order valence-corrected chi connectivity index (χ4v) is 3.38. The third kappa shape index (κ3) is 3.82. The van der Waals surface area contributed by atoms with Crippen molar-refractivity contribution in [2.45, 2.75) is 0 Å². The summed E-state index contributed by atoms with van der Waals surface area (Å²) in [7, 11) is 0. The molecule has 4 nitrogen and oxygen atoms in total. The van der Waals surface area contributed by atoms with E-state index in [1.807, 2.05) is 22.6 Å². The second kappa shape index (κ2) is 7.49. The smallest absolute Gasteiger partial charge is 0.262 e. The van der Waals surface area contributed by atoms with Crippen LogP contribution in [-0.2, 0) is 4.79 Å². The molecule has 25 heavy (non-hydrogen) atoms. The fraction of sp³-hybridized carbons (Fsp3) is 0.0588. The maximum Gasteiger partial charge on any atom is 0.262 e. The van der Waals surface area contributed by atoms with E-state index in [0.717, 1.165) is 12.1 Å². The van der Waals surface area contributed by atoms with Crippen LogP contribution in [-0.4, -0.2) is 17.5 Å². The van der Waals surface area contributed by atoms with Crippen molar-refractivity contribution in [1.82, 2.24) is 4.98 Å². The molecule has 0 aliphatic carbocycles. The van der Waals surface area contributed by atoms with Crippen molar-refractivity contribution in [3.8, 4) is 5.75 Å². The second-order valence-electron chi connectivity index (χ2n) is 5.00. The Morgan fingerprint density at radius 1 is 1.24 bits per heavy atom. The summed E-state index contributed by atoms with van der Waals surface area (Å²) in [4.78, 5) is 16.2. The molecule has 1 N–H and O–H groups in total. The largest absolute Gasteiger partial charge is 0.480 e. The van der Waals surface area contributed by atoms with E-state index in [0.29, 0.717) is 25.2 Å². The number of rotatable bonds is 4. The third-order valence-corrected chi connectivity index (χ3v) is 4.44. The predicted molar refractivity (Wildman–Crippen MR) is 100.0 cm³/mol. The van der Waals surface area contributed by atoms with Crippen molar-refractivity contribution in [1.29, 1.82) is 0 Å². The van der Waals surface area contributed by atoms with Gasteiger partial charge in [-0.2, -0.15) is 0 Å². The first kappa shape index (κ1) is 17.8. The summed E-state index contributed by atoms with van der Waals surface area (Å²) in [5.41, 5.74) is -0.00541. The van der Waals surface area contributed by atoms with E-state index in [9.17, 15) is 13.6 Å². The number of benzene rings is 2. The number of fused-ring (bicyclic) bond motifs is 1. The van der Waals surface area contributed by atoms with Crippen LogP contribution in [0.2, 0.25) is 5.02 Å². The first-order valence-electron chi connectivity index (χ1n) is 7.06. The molecule has 0 unspecified atom stereocenters. The van der Waals surface area contributed by atoms with Gasteiger partial charge in [0.15, 0.2) is 12.4 Å². The van der Waals surface area contributed by atoms with Gasteiger partial charge in [-0.15, -0.1) is 0 Å². The lowest BCUT2D eigenvalue weighted by molar-refractivity contribution is -0.118. The Morgan fingerprint density at radius 3 is 2.68 bits per heavy atom. The minimum absolute atomic E-state index is 0.379. The summed E-state index contributed by atoms with van der Waals surface area (Å²) < 4.78 is 33.3. The lowest BCUT2D eigenvalue weighted by Crippen LogP contribution is -2.22. The van der Waals surface area contributed by atoms with Gasteiger partial charge in [0.1, 0.15) is 22.8 Å². The maximum atomic E-state index is 13.6. The van der Waals surface area contributed by atoms with E-state index in [2.05, 4.69) is 10.3 Å². The monoisotopic (exact) mass is 474 g/mol. The molecule has 1 aromatic heterocycles. The molecule has 0 radical (unpaired) electrons. The van der Waals surface area contributed by atoms with E-state index >= 15 is 0 Å². The Morgan fingerprint density at radius 2 is 1.96 bits per heavy atom. The summed E-state index contributed by atoms with van der Waals surface area (Å²) >= 11 is 8.19. The molecule has 0 atom stereocenters. The van der Waals surface area contributed by atoms with Gasteiger partial charge in [0.25, 0.3) is 5.91 Å². The highest BCUT2D eigenvalue weighted by Gasteiger charge is 2.16. The maximum absolute atomic E-state index is 13.6. The lowest BCUT2D eigenvalue weighted by atomic mass is 10.2. The lowest BCUT2D eigenvalue weighted by Gasteiger charge is -2.12. The van der Waals surface area contributed by atoms with Crippen LogP contribution in [0.15, 0.2) is 42.6 Å². The van der Waals surface area contributed by atoms with Gasteiger partial charge in [-0.1, -0.05) is 17.7 Å². The van der Waals surface area contributed by atoms with Crippen LogP contribution in [0.25, 0.3) is 10.9 Å². The molecule has 128 valence electrons. The molecule has 2 aromatic carbocycles. The molecule has 0 saturated carbocycles. The molecular weight excluding hydrogens is 465 g/mol. The van der Waals surface area contributed by atoms with E-state index in [-0.39, 0.29) is 0 Å². The van der Waals surface area contributed by atoms with Gasteiger partial charge in [-0.05, 0) is 52.9 Å². The van der Waals surface area contributed by atoms with Crippen LogP contribution >= 0.6 is 34.2 Å². The molecule has 0 fully saturated rings. The molecule has 0 aliphatic rings. The Balaban J connectivity index is 1.80. The van der Waals surface area contributed by atoms with Gasteiger partial charge in [0, 0.05) is 11.6 Å². The number of aromatic nitrogens is 1. The quantitative estimate of drug-likeness (QED) is 0.553. The van der Waals surface area contributed by atoms with Crippen molar-refractivity contribution in [3.05, 3.63) is 62.8 Å². The fourth-order valence-electron chi connectivity index (χ4n) is 2.21. The van der Waals surface area contributed by atoms with Crippen LogP contribution in [0.1, 0.15) is 0 Å². The molecule has 0 spiro atoms. The molecule has 3 rings (SSSR count). The number of carbonyl (C=O) groups is 1. The number of pyridine rings is 1. The van der Waals surface area contributed by atoms with Gasteiger partial charge in [0.2, 0.25) is 0 Å². The van der Waals surface area contributed by atoms with Gasteiger partial charge >= 0.3 is 0 Å². The Hall–Kier alpha value is -2.00. The third-order valence-electron chi connectivity index (χ3n) is 3.33. The van der Waals surface area contributed by atoms with Crippen molar-refractivity contribution < 1.29 is 18.3 Å². The number of para-hydroxylation sites is 1. The summed E-state index contributed by atoms with van der Waals surface area (Å²) in [5, 5.41) is 3.36. The number of ether oxygens (including phenoxy) is 1. The van der Waals surface area contributed by atoms with Crippen molar-refractivity contribution in [2.24, 2.45) is 0 Å². The minimum Gasteiger partial charge on any atom is -0.480 e. The van der Waals surface area contributed by atoms with Crippen molar-refractivity contribution in [3.63, 3.8) is 0 Å². The average molecular weight is 475 g/mol. The number of nitrogens with zero attached hydrogens (tertiary/aromatic N) is 1.